The molecule has 5 nitrogen and oxygen atoms in total. The monoisotopic (exact) mass is 353 g/mol. The van der Waals surface area contributed by atoms with E-state index in [0.29, 0.717) is 17.7 Å². The van der Waals surface area contributed by atoms with Gasteiger partial charge in [-0.3, -0.25) is 0 Å². The normalized spacial score (nSPS) is 12.8. The van der Waals surface area contributed by atoms with Crippen LogP contribution < -0.4 is 5.14 Å². The van der Waals surface area contributed by atoms with Gasteiger partial charge in [0.05, 0.1) is 10.5 Å². The summed E-state index contributed by atoms with van der Waals surface area (Å²) in [5, 5.41) is 15.6. The molecule has 1 heterocycles. The number of fused-ring (bicyclic) bond motifs is 1. The van der Waals surface area contributed by atoms with Gasteiger partial charge >= 0.3 is 0 Å². The van der Waals surface area contributed by atoms with Gasteiger partial charge in [0, 0.05) is 29.6 Å². The minimum Gasteiger partial charge on any atom is -0.345 e. The van der Waals surface area contributed by atoms with Crippen molar-refractivity contribution in [3.05, 3.63) is 65.9 Å². The maximum Gasteiger partial charge on any atom is 0.238 e. The molecule has 0 saturated carbocycles. The number of nitriles is 1. The molecule has 0 aliphatic heterocycles. The van der Waals surface area contributed by atoms with Crippen molar-refractivity contribution in [3.8, 4) is 6.07 Å². The van der Waals surface area contributed by atoms with Crippen LogP contribution in [0.1, 0.15) is 30.4 Å². The van der Waals surface area contributed by atoms with Crippen LogP contribution in [-0.2, 0) is 16.6 Å². The van der Waals surface area contributed by atoms with Gasteiger partial charge in [0.2, 0.25) is 10.0 Å². The van der Waals surface area contributed by atoms with E-state index in [0.717, 1.165) is 17.3 Å². The first-order chi connectivity index (χ1) is 12.0. The van der Waals surface area contributed by atoms with Gasteiger partial charge in [0.1, 0.15) is 6.07 Å². The molecule has 0 aliphatic carbocycles. The van der Waals surface area contributed by atoms with Crippen molar-refractivity contribution in [2.24, 2.45) is 5.14 Å². The second-order valence-corrected chi connectivity index (χ2v) is 7.54. The number of hydrogen-bond donors (Lipinski definition) is 1. The number of rotatable bonds is 5. The van der Waals surface area contributed by atoms with Crippen LogP contribution in [0.2, 0.25) is 0 Å². The number of nitrogens with two attached hydrogens (primary N) is 1. The summed E-state index contributed by atoms with van der Waals surface area (Å²) in [7, 11) is -3.78. The van der Waals surface area contributed by atoms with Gasteiger partial charge in [0.25, 0.3) is 0 Å². The first-order valence-electron chi connectivity index (χ1n) is 8.05. The van der Waals surface area contributed by atoms with Crippen molar-refractivity contribution in [1.82, 2.24) is 4.57 Å². The van der Waals surface area contributed by atoms with E-state index >= 15 is 0 Å². The number of nitrogens with zero attached hydrogens (tertiary/aromatic N) is 2. The molecule has 0 aliphatic rings. The third-order valence-corrected chi connectivity index (χ3v) is 5.47. The van der Waals surface area contributed by atoms with Gasteiger partial charge in [-0.15, -0.1) is 0 Å². The molecule has 1 aromatic heterocycles. The van der Waals surface area contributed by atoms with Crippen LogP contribution in [0, 0.1) is 11.3 Å². The average molecular weight is 353 g/mol. The molecule has 2 aromatic carbocycles. The van der Waals surface area contributed by atoms with Crippen molar-refractivity contribution in [2.45, 2.75) is 30.7 Å². The van der Waals surface area contributed by atoms with E-state index in [1.807, 2.05) is 54.1 Å². The van der Waals surface area contributed by atoms with Crippen LogP contribution in [0.4, 0.5) is 0 Å². The quantitative estimate of drug-likeness (QED) is 0.763. The molecular weight excluding hydrogens is 334 g/mol. The Kier molecular flexibility index (Phi) is 4.62. The summed E-state index contributed by atoms with van der Waals surface area (Å²) in [5.74, 6) is -0.0307. The van der Waals surface area contributed by atoms with Crippen LogP contribution >= 0.6 is 0 Å². The fourth-order valence-electron chi connectivity index (χ4n) is 3.25. The Balaban J connectivity index is 2.08. The zero-order valence-corrected chi connectivity index (χ0v) is 14.7. The fraction of sp³-hybridized carbons (Fsp3) is 0.211. The molecule has 3 aromatic rings. The highest BCUT2D eigenvalue weighted by Gasteiger charge is 2.21. The lowest BCUT2D eigenvalue weighted by molar-refractivity contribution is 0.544. The third kappa shape index (κ3) is 3.29. The smallest absolute Gasteiger partial charge is 0.238 e. The van der Waals surface area contributed by atoms with E-state index in [-0.39, 0.29) is 10.8 Å². The van der Waals surface area contributed by atoms with Gasteiger partial charge in [-0.25, -0.2) is 13.6 Å². The van der Waals surface area contributed by atoms with Crippen LogP contribution in [0.3, 0.4) is 0 Å². The lowest BCUT2D eigenvalue weighted by Crippen LogP contribution is -2.17. The van der Waals surface area contributed by atoms with Crippen LogP contribution in [0.25, 0.3) is 10.9 Å². The Hall–Kier alpha value is -2.62. The highest BCUT2D eigenvalue weighted by molar-refractivity contribution is 7.89. The average Bonchev–Trinajstić information content (AvgIpc) is 2.97. The second-order valence-electron chi connectivity index (χ2n) is 6.01. The summed E-state index contributed by atoms with van der Waals surface area (Å²) in [6.07, 6.45) is 2.58. The first kappa shape index (κ1) is 17.2. The van der Waals surface area contributed by atoms with Gasteiger partial charge in [0.15, 0.2) is 0 Å². The highest BCUT2D eigenvalue weighted by Crippen LogP contribution is 2.30. The van der Waals surface area contributed by atoms with Gasteiger partial charge in [-0.1, -0.05) is 43.3 Å². The van der Waals surface area contributed by atoms with Crippen LogP contribution in [0.5, 0.6) is 0 Å². The van der Waals surface area contributed by atoms with E-state index in [2.05, 4.69) is 6.07 Å². The van der Waals surface area contributed by atoms with E-state index in [1.165, 1.54) is 0 Å². The molecule has 1 atom stereocenters. The molecule has 0 fully saturated rings. The molecule has 25 heavy (non-hydrogen) atoms. The molecule has 0 radical (unpaired) electrons. The molecule has 128 valence electrons. The lowest BCUT2D eigenvalue weighted by Gasteiger charge is -2.19. The predicted molar refractivity (Wildman–Crippen MR) is 97.5 cm³/mol. The highest BCUT2D eigenvalue weighted by atomic mass is 32.2. The molecule has 0 unspecified atom stereocenters. The molecule has 0 amide bonds. The Morgan fingerprint density at radius 1 is 1.16 bits per heavy atom. The molecule has 3 rings (SSSR count). The summed E-state index contributed by atoms with van der Waals surface area (Å²) < 4.78 is 25.9. The molecular formula is C19H19N3O2S. The van der Waals surface area contributed by atoms with Crippen LogP contribution in [0.15, 0.2) is 59.6 Å². The number of benzene rings is 2. The molecule has 6 heteroatoms. The van der Waals surface area contributed by atoms with E-state index in [9.17, 15) is 13.7 Å². The second kappa shape index (κ2) is 6.71. The zero-order valence-electron chi connectivity index (χ0n) is 13.9. The van der Waals surface area contributed by atoms with E-state index in [1.54, 1.807) is 12.1 Å². The largest absolute Gasteiger partial charge is 0.345 e. The van der Waals surface area contributed by atoms with Gasteiger partial charge in [-0.2, -0.15) is 5.26 Å². The van der Waals surface area contributed by atoms with Gasteiger partial charge < -0.3 is 4.57 Å². The summed E-state index contributed by atoms with van der Waals surface area (Å²) >= 11 is 0. The van der Waals surface area contributed by atoms with Gasteiger partial charge in [-0.05, 0) is 24.1 Å². The Bertz CT molecular complexity index is 1060. The van der Waals surface area contributed by atoms with E-state index < -0.39 is 10.0 Å². The maximum atomic E-state index is 11.9. The topological polar surface area (TPSA) is 88.9 Å². The third-order valence-electron chi connectivity index (χ3n) is 4.48. The van der Waals surface area contributed by atoms with Crippen molar-refractivity contribution in [1.29, 1.82) is 5.26 Å². The number of primary sulfonamides is 1. The van der Waals surface area contributed by atoms with Crippen molar-refractivity contribution < 1.29 is 8.42 Å². The lowest BCUT2D eigenvalue weighted by atomic mass is 9.96. The predicted octanol–water partition coefficient (Wildman–Crippen LogP) is 3.35. The molecule has 0 bridgehead atoms. The van der Waals surface area contributed by atoms with Crippen molar-refractivity contribution in [3.63, 3.8) is 0 Å². The minimum atomic E-state index is -3.78. The number of sulfonamides is 1. The first-order valence-corrected chi connectivity index (χ1v) is 9.60. The fourth-order valence-corrected chi connectivity index (χ4v) is 4.08. The Morgan fingerprint density at radius 2 is 1.84 bits per heavy atom. The number of hydrogen-bond acceptors (Lipinski definition) is 3. The molecule has 2 N–H and O–H groups in total. The SMILES string of the molecule is CC[C@H](Cn1cc(C#N)c2ccccc21)c1ccccc1S(N)(=O)=O. The van der Waals surface area contributed by atoms with Crippen molar-refractivity contribution >= 4 is 20.9 Å². The minimum absolute atomic E-state index is 0.0307. The summed E-state index contributed by atoms with van der Waals surface area (Å²) in [6.45, 7) is 2.59. The zero-order chi connectivity index (χ0) is 18.0. The molecule has 0 saturated heterocycles. The summed E-state index contributed by atoms with van der Waals surface area (Å²) in [6, 6.07) is 16.8. The molecule has 0 spiro atoms. The Labute approximate surface area is 147 Å². The number of aromatic nitrogens is 1. The van der Waals surface area contributed by atoms with E-state index in [4.69, 9.17) is 5.14 Å². The summed E-state index contributed by atoms with van der Waals surface area (Å²) in [5.41, 5.74) is 2.29. The maximum absolute atomic E-state index is 11.9. The van der Waals surface area contributed by atoms with Crippen molar-refractivity contribution in [2.75, 3.05) is 0 Å². The Morgan fingerprint density at radius 3 is 2.52 bits per heavy atom. The van der Waals surface area contributed by atoms with Crippen LogP contribution in [-0.4, -0.2) is 13.0 Å². The number of para-hydroxylation sites is 1. The standard InChI is InChI=1S/C19H19N3O2S/c1-2-14(17-8-4-6-10-19(17)25(21,23)24)12-22-13-15(11-20)16-7-3-5-9-18(16)22/h3-10,13-14H,2,12H2,1H3,(H2,21,23,24)/t14-/m1/s1. The summed E-state index contributed by atoms with van der Waals surface area (Å²) in [4.78, 5) is 0.166.